The highest BCUT2D eigenvalue weighted by molar-refractivity contribution is 5.93. The van der Waals surface area contributed by atoms with Crippen molar-refractivity contribution >= 4 is 17.0 Å². The van der Waals surface area contributed by atoms with Crippen LogP contribution < -0.4 is 0 Å². The van der Waals surface area contributed by atoms with E-state index in [0.717, 1.165) is 0 Å². The minimum Gasteiger partial charge on any atom is -0.313 e. The molecule has 0 atom stereocenters. The molecule has 1 heteroatoms. The summed E-state index contributed by atoms with van der Waals surface area (Å²) in [6.07, 6.45) is 1.93. The number of rotatable bonds is 2. The highest BCUT2D eigenvalue weighted by Gasteiger charge is 2.13. The van der Waals surface area contributed by atoms with Gasteiger partial charge in [-0.1, -0.05) is 49.1 Å². The summed E-state index contributed by atoms with van der Waals surface area (Å²) in [7, 11) is 0. The van der Waals surface area contributed by atoms with Gasteiger partial charge >= 0.3 is 0 Å². The molecule has 0 saturated heterocycles. The molecule has 0 saturated carbocycles. The summed E-state index contributed by atoms with van der Waals surface area (Å²) in [4.78, 5) is 0. The minimum atomic E-state index is 1.18. The summed E-state index contributed by atoms with van der Waals surface area (Å²) in [5, 5.41) is 1.30. The van der Waals surface area contributed by atoms with Crippen LogP contribution in [0.2, 0.25) is 0 Å². The van der Waals surface area contributed by atoms with Gasteiger partial charge in [0.15, 0.2) is 0 Å². The first-order valence-corrected chi connectivity index (χ1v) is 6.52. The molecular weight excluding hydrogens is 230 g/mol. The van der Waals surface area contributed by atoms with E-state index in [9.17, 15) is 0 Å². The number of aryl methyl sites for hydroxylation is 1. The predicted octanol–water partition coefficient (Wildman–Crippen LogP) is 4.89. The summed E-state index contributed by atoms with van der Waals surface area (Å²) in [5.74, 6) is 0. The third-order valence-electron chi connectivity index (χ3n) is 3.81. The molecule has 0 N–H and O–H groups in total. The largest absolute Gasteiger partial charge is 0.313 e. The summed E-state index contributed by atoms with van der Waals surface area (Å²) in [5.41, 5.74) is 6.25. The fourth-order valence-electron chi connectivity index (χ4n) is 2.71. The monoisotopic (exact) mass is 247 g/mol. The van der Waals surface area contributed by atoms with Gasteiger partial charge in [0.2, 0.25) is 0 Å². The molecule has 94 valence electrons. The second kappa shape index (κ2) is 4.43. The maximum atomic E-state index is 3.94. The van der Waals surface area contributed by atoms with Gasteiger partial charge in [-0.05, 0) is 37.1 Å². The quantitative estimate of drug-likeness (QED) is 0.607. The zero-order valence-corrected chi connectivity index (χ0v) is 11.4. The second-order valence-corrected chi connectivity index (χ2v) is 4.83. The van der Waals surface area contributed by atoms with Gasteiger partial charge in [0.05, 0.1) is 5.52 Å². The molecule has 2 aromatic carbocycles. The zero-order valence-electron chi connectivity index (χ0n) is 11.4. The summed E-state index contributed by atoms with van der Waals surface area (Å²) in [6, 6.07) is 16.9. The number of fused-ring (bicyclic) bond motifs is 1. The van der Waals surface area contributed by atoms with E-state index in [1.807, 2.05) is 12.1 Å². The molecule has 0 radical (unpaired) electrons. The lowest BCUT2D eigenvalue weighted by Gasteiger charge is -2.10. The van der Waals surface area contributed by atoms with Gasteiger partial charge in [-0.2, -0.15) is 0 Å². The first-order valence-electron chi connectivity index (χ1n) is 6.52. The number of benzene rings is 2. The third-order valence-corrected chi connectivity index (χ3v) is 3.81. The highest BCUT2D eigenvalue weighted by Crippen LogP contribution is 2.31. The van der Waals surface area contributed by atoms with E-state index in [0.29, 0.717) is 0 Å². The number of hydrogen-bond acceptors (Lipinski definition) is 0. The van der Waals surface area contributed by atoms with Crippen molar-refractivity contribution in [2.75, 3.05) is 0 Å². The normalized spacial score (nSPS) is 10.8. The van der Waals surface area contributed by atoms with Crippen LogP contribution in [0.1, 0.15) is 16.8 Å². The molecular formula is C18H17N. The van der Waals surface area contributed by atoms with Crippen LogP contribution in [0.15, 0.2) is 55.1 Å². The Labute approximate surface area is 113 Å². The smallest absolute Gasteiger partial charge is 0.0606 e. The number of nitrogens with zero attached hydrogens (tertiary/aromatic N) is 1. The van der Waals surface area contributed by atoms with Crippen LogP contribution in [0.4, 0.5) is 0 Å². The van der Waals surface area contributed by atoms with Crippen molar-refractivity contribution in [3.8, 4) is 5.69 Å². The Balaban J connectivity index is 2.48. The lowest BCUT2D eigenvalue weighted by Crippen LogP contribution is -1.97. The molecule has 0 aliphatic heterocycles. The van der Waals surface area contributed by atoms with Crippen molar-refractivity contribution < 1.29 is 0 Å². The van der Waals surface area contributed by atoms with Gasteiger partial charge in [0, 0.05) is 16.8 Å². The molecule has 3 rings (SSSR count). The fourth-order valence-corrected chi connectivity index (χ4v) is 2.71. The molecule has 0 spiro atoms. The van der Waals surface area contributed by atoms with E-state index < -0.39 is 0 Å². The summed E-state index contributed by atoms with van der Waals surface area (Å²) in [6.45, 7) is 8.30. The van der Waals surface area contributed by atoms with Crippen molar-refractivity contribution in [3.63, 3.8) is 0 Å². The molecule has 0 aliphatic carbocycles. The molecule has 3 aromatic rings. The Morgan fingerprint density at radius 2 is 1.68 bits per heavy atom. The standard InChI is InChI=1S/C18H17N/c1-4-15-9-8-12-17-13(2)14(3)19(18(15)17)16-10-6-5-7-11-16/h4-12H,1H2,2-3H3. The van der Waals surface area contributed by atoms with Crippen LogP contribution in [-0.4, -0.2) is 4.57 Å². The molecule has 1 aromatic heterocycles. The van der Waals surface area contributed by atoms with Gasteiger partial charge in [-0.15, -0.1) is 0 Å². The first kappa shape index (κ1) is 11.8. The van der Waals surface area contributed by atoms with Crippen LogP contribution in [0.5, 0.6) is 0 Å². The number of aromatic nitrogens is 1. The summed E-state index contributed by atoms with van der Waals surface area (Å²) >= 11 is 0. The Kier molecular flexibility index (Phi) is 2.75. The van der Waals surface area contributed by atoms with Crippen LogP contribution >= 0.6 is 0 Å². The lowest BCUT2D eigenvalue weighted by molar-refractivity contribution is 1.04. The van der Waals surface area contributed by atoms with Crippen molar-refractivity contribution in [2.45, 2.75) is 13.8 Å². The van der Waals surface area contributed by atoms with Crippen LogP contribution in [0.25, 0.3) is 22.7 Å². The van der Waals surface area contributed by atoms with E-state index in [1.165, 1.54) is 33.4 Å². The number of hydrogen-bond donors (Lipinski definition) is 0. The van der Waals surface area contributed by atoms with Crippen molar-refractivity contribution in [1.82, 2.24) is 4.57 Å². The molecule has 0 amide bonds. The van der Waals surface area contributed by atoms with Crippen LogP contribution in [0.3, 0.4) is 0 Å². The molecule has 1 nitrogen and oxygen atoms in total. The van der Waals surface area contributed by atoms with Crippen molar-refractivity contribution in [2.24, 2.45) is 0 Å². The van der Waals surface area contributed by atoms with Gasteiger partial charge < -0.3 is 4.57 Å². The maximum Gasteiger partial charge on any atom is 0.0606 e. The lowest BCUT2D eigenvalue weighted by atomic mass is 10.1. The Morgan fingerprint density at radius 3 is 2.37 bits per heavy atom. The Hall–Kier alpha value is -2.28. The molecule has 0 unspecified atom stereocenters. The van der Waals surface area contributed by atoms with E-state index in [1.54, 1.807) is 0 Å². The van der Waals surface area contributed by atoms with Gasteiger partial charge in [0.25, 0.3) is 0 Å². The zero-order chi connectivity index (χ0) is 13.4. The Bertz CT molecular complexity index is 748. The topological polar surface area (TPSA) is 4.93 Å². The molecule has 0 aliphatic rings. The highest BCUT2D eigenvalue weighted by atomic mass is 15.0. The van der Waals surface area contributed by atoms with Gasteiger partial charge in [0.1, 0.15) is 0 Å². The number of para-hydroxylation sites is 2. The van der Waals surface area contributed by atoms with Crippen molar-refractivity contribution in [1.29, 1.82) is 0 Å². The molecule has 0 bridgehead atoms. The van der Waals surface area contributed by atoms with Crippen LogP contribution in [0, 0.1) is 13.8 Å². The average molecular weight is 247 g/mol. The summed E-state index contributed by atoms with van der Waals surface area (Å²) < 4.78 is 2.32. The van der Waals surface area contributed by atoms with Gasteiger partial charge in [-0.25, -0.2) is 0 Å². The predicted molar refractivity (Wildman–Crippen MR) is 82.8 cm³/mol. The average Bonchev–Trinajstić information content (AvgIpc) is 2.72. The van der Waals surface area contributed by atoms with Gasteiger partial charge in [-0.3, -0.25) is 0 Å². The second-order valence-electron chi connectivity index (χ2n) is 4.83. The van der Waals surface area contributed by atoms with Crippen LogP contribution in [-0.2, 0) is 0 Å². The van der Waals surface area contributed by atoms with E-state index in [2.05, 4.69) is 67.5 Å². The molecule has 0 fully saturated rings. The van der Waals surface area contributed by atoms with E-state index in [-0.39, 0.29) is 0 Å². The minimum absolute atomic E-state index is 1.18. The van der Waals surface area contributed by atoms with E-state index >= 15 is 0 Å². The first-order chi connectivity index (χ1) is 9.24. The molecule has 19 heavy (non-hydrogen) atoms. The third kappa shape index (κ3) is 1.70. The Morgan fingerprint density at radius 1 is 0.947 bits per heavy atom. The maximum absolute atomic E-state index is 3.94. The molecule has 1 heterocycles. The van der Waals surface area contributed by atoms with Crippen molar-refractivity contribution in [3.05, 3.63) is 71.9 Å². The fraction of sp³-hybridized carbons (Fsp3) is 0.111. The SMILES string of the molecule is C=Cc1cccc2c(C)c(C)n(-c3ccccc3)c12. The van der Waals surface area contributed by atoms with E-state index in [4.69, 9.17) is 0 Å².